The zero-order valence-electron chi connectivity index (χ0n) is 15.8. The Labute approximate surface area is 153 Å². The summed E-state index contributed by atoms with van der Waals surface area (Å²) in [4.78, 5) is 12.4. The van der Waals surface area contributed by atoms with Gasteiger partial charge < -0.3 is 5.11 Å². The zero-order valence-corrected chi connectivity index (χ0v) is 15.8. The zero-order chi connectivity index (χ0) is 17.6. The van der Waals surface area contributed by atoms with Gasteiger partial charge in [0, 0.05) is 12.0 Å². The van der Waals surface area contributed by atoms with Gasteiger partial charge in [0.1, 0.15) is 5.75 Å². The molecule has 2 saturated carbocycles. The van der Waals surface area contributed by atoms with E-state index in [-0.39, 0.29) is 11.5 Å². The van der Waals surface area contributed by atoms with Gasteiger partial charge in [-0.1, -0.05) is 32.6 Å². The van der Waals surface area contributed by atoms with E-state index in [1.54, 1.807) is 24.3 Å². The molecule has 138 valence electrons. The van der Waals surface area contributed by atoms with E-state index in [0.29, 0.717) is 12.3 Å². The number of rotatable bonds is 6. The Morgan fingerprint density at radius 3 is 1.92 bits per heavy atom. The van der Waals surface area contributed by atoms with Crippen molar-refractivity contribution in [3.63, 3.8) is 0 Å². The Morgan fingerprint density at radius 2 is 1.40 bits per heavy atom. The summed E-state index contributed by atoms with van der Waals surface area (Å²) in [7, 11) is 0. The van der Waals surface area contributed by atoms with Crippen molar-refractivity contribution in [2.75, 3.05) is 0 Å². The fraction of sp³-hybridized carbons (Fsp3) is 0.696. The first kappa shape index (κ1) is 18.5. The van der Waals surface area contributed by atoms with Gasteiger partial charge in [-0.15, -0.1) is 0 Å². The molecule has 2 aliphatic carbocycles. The van der Waals surface area contributed by atoms with Gasteiger partial charge in [0.25, 0.3) is 0 Å². The smallest absolute Gasteiger partial charge is 0.163 e. The van der Waals surface area contributed by atoms with Gasteiger partial charge in [0.05, 0.1) is 0 Å². The van der Waals surface area contributed by atoms with Gasteiger partial charge >= 0.3 is 0 Å². The van der Waals surface area contributed by atoms with Crippen LogP contribution in [0.5, 0.6) is 5.75 Å². The Balaban J connectivity index is 1.41. The number of carbonyl (C=O) groups excluding carboxylic acids is 1. The van der Waals surface area contributed by atoms with E-state index in [4.69, 9.17) is 0 Å². The Kier molecular flexibility index (Phi) is 6.56. The number of Topliss-reactive ketones (excluding diaryl/α,β-unsaturated/α-hetero) is 1. The van der Waals surface area contributed by atoms with E-state index < -0.39 is 0 Å². The number of phenolic OH excluding ortho intramolecular Hbond substituents is 1. The average molecular weight is 343 g/mol. The maximum Gasteiger partial charge on any atom is 0.163 e. The molecule has 0 saturated heterocycles. The lowest BCUT2D eigenvalue weighted by atomic mass is 9.68. The summed E-state index contributed by atoms with van der Waals surface area (Å²) in [5, 5.41) is 9.35. The third-order valence-electron chi connectivity index (χ3n) is 6.81. The summed E-state index contributed by atoms with van der Waals surface area (Å²) >= 11 is 0. The van der Waals surface area contributed by atoms with Gasteiger partial charge in [-0.25, -0.2) is 0 Å². The molecule has 25 heavy (non-hydrogen) atoms. The summed E-state index contributed by atoms with van der Waals surface area (Å²) in [5.74, 6) is 3.91. The van der Waals surface area contributed by atoms with Crippen LogP contribution >= 0.6 is 0 Å². The topological polar surface area (TPSA) is 37.3 Å². The highest BCUT2D eigenvalue weighted by molar-refractivity contribution is 5.96. The van der Waals surface area contributed by atoms with Crippen molar-refractivity contribution in [3.8, 4) is 5.75 Å². The van der Waals surface area contributed by atoms with Crippen LogP contribution in [0.2, 0.25) is 0 Å². The molecule has 0 radical (unpaired) electrons. The second-order valence-electron chi connectivity index (χ2n) is 8.52. The maximum absolute atomic E-state index is 12.4. The highest BCUT2D eigenvalue weighted by Gasteiger charge is 2.31. The Bertz CT molecular complexity index is 532. The molecule has 0 bridgehead atoms. The highest BCUT2D eigenvalue weighted by atomic mass is 16.3. The number of hydrogen-bond acceptors (Lipinski definition) is 2. The predicted octanol–water partition coefficient (Wildman–Crippen LogP) is 6.38. The number of aromatic hydroxyl groups is 1. The molecule has 1 aromatic rings. The van der Waals surface area contributed by atoms with Gasteiger partial charge in [-0.05, 0) is 86.5 Å². The maximum atomic E-state index is 12.4. The molecule has 2 nitrogen and oxygen atoms in total. The van der Waals surface area contributed by atoms with E-state index in [1.807, 2.05) is 0 Å². The summed E-state index contributed by atoms with van der Waals surface area (Å²) in [5.41, 5.74) is 0.745. The van der Waals surface area contributed by atoms with Crippen LogP contribution in [0.25, 0.3) is 0 Å². The third kappa shape index (κ3) is 5.09. The van der Waals surface area contributed by atoms with Crippen LogP contribution in [0.1, 0.15) is 87.9 Å². The first-order valence-corrected chi connectivity index (χ1v) is 10.5. The van der Waals surface area contributed by atoms with Crippen molar-refractivity contribution in [1.29, 1.82) is 0 Å². The van der Waals surface area contributed by atoms with E-state index in [0.717, 1.165) is 23.3 Å². The van der Waals surface area contributed by atoms with Gasteiger partial charge in [0.2, 0.25) is 0 Å². The first-order chi connectivity index (χ1) is 12.2. The molecule has 0 heterocycles. The van der Waals surface area contributed by atoms with E-state index in [1.165, 1.54) is 64.2 Å². The summed E-state index contributed by atoms with van der Waals surface area (Å²) in [6.45, 7) is 2.31. The van der Waals surface area contributed by atoms with E-state index in [2.05, 4.69) is 6.92 Å². The largest absolute Gasteiger partial charge is 0.508 e. The number of phenols is 1. The van der Waals surface area contributed by atoms with E-state index >= 15 is 0 Å². The molecule has 2 aliphatic rings. The SMILES string of the molecule is CCCC1CCC(C2CCC(CC(=O)c3ccc(O)cc3)CC2)CC1. The van der Waals surface area contributed by atoms with Crippen molar-refractivity contribution in [1.82, 2.24) is 0 Å². The lowest BCUT2D eigenvalue weighted by Gasteiger charge is -2.37. The van der Waals surface area contributed by atoms with Gasteiger partial charge in [0.15, 0.2) is 5.78 Å². The van der Waals surface area contributed by atoms with Crippen molar-refractivity contribution in [2.24, 2.45) is 23.7 Å². The fourth-order valence-electron chi connectivity index (χ4n) is 5.25. The van der Waals surface area contributed by atoms with Crippen LogP contribution in [0.4, 0.5) is 0 Å². The summed E-state index contributed by atoms with van der Waals surface area (Å²) in [6, 6.07) is 6.72. The minimum absolute atomic E-state index is 0.228. The number of carbonyl (C=O) groups is 1. The van der Waals surface area contributed by atoms with Crippen molar-refractivity contribution in [2.45, 2.75) is 77.6 Å². The lowest BCUT2D eigenvalue weighted by molar-refractivity contribution is 0.0920. The van der Waals surface area contributed by atoms with Crippen molar-refractivity contribution < 1.29 is 9.90 Å². The van der Waals surface area contributed by atoms with Crippen LogP contribution < -0.4 is 0 Å². The molecule has 1 aromatic carbocycles. The average Bonchev–Trinajstić information content (AvgIpc) is 2.64. The highest BCUT2D eigenvalue weighted by Crippen LogP contribution is 2.42. The van der Waals surface area contributed by atoms with Crippen molar-refractivity contribution >= 4 is 5.78 Å². The first-order valence-electron chi connectivity index (χ1n) is 10.5. The molecule has 2 heteroatoms. The van der Waals surface area contributed by atoms with Crippen LogP contribution in [0.3, 0.4) is 0 Å². The molecule has 1 N–H and O–H groups in total. The molecule has 0 aliphatic heterocycles. The molecule has 0 amide bonds. The molecular weight excluding hydrogens is 308 g/mol. The Hall–Kier alpha value is -1.31. The summed E-state index contributed by atoms with van der Waals surface area (Å²) in [6.07, 6.45) is 14.4. The Morgan fingerprint density at radius 1 is 0.880 bits per heavy atom. The summed E-state index contributed by atoms with van der Waals surface area (Å²) < 4.78 is 0. The third-order valence-corrected chi connectivity index (χ3v) is 6.81. The molecule has 0 spiro atoms. The molecule has 0 aromatic heterocycles. The van der Waals surface area contributed by atoms with Crippen LogP contribution in [0.15, 0.2) is 24.3 Å². The minimum Gasteiger partial charge on any atom is -0.508 e. The molecule has 2 fully saturated rings. The minimum atomic E-state index is 0.228. The lowest BCUT2D eigenvalue weighted by Crippen LogP contribution is -2.26. The normalized spacial score (nSPS) is 30.1. The van der Waals surface area contributed by atoms with Crippen LogP contribution in [-0.4, -0.2) is 10.9 Å². The molecule has 0 unspecified atom stereocenters. The molecule has 3 rings (SSSR count). The van der Waals surface area contributed by atoms with Crippen molar-refractivity contribution in [3.05, 3.63) is 29.8 Å². The second kappa shape index (κ2) is 8.87. The van der Waals surface area contributed by atoms with Crippen LogP contribution in [0, 0.1) is 23.7 Å². The standard InChI is InChI=1S/C23H34O2/c1-2-3-17-4-8-19(9-5-17)20-10-6-18(7-11-20)16-23(25)21-12-14-22(24)15-13-21/h12-15,17-20,24H,2-11,16H2,1H3. The van der Waals surface area contributed by atoms with Gasteiger partial charge in [-0.3, -0.25) is 4.79 Å². The van der Waals surface area contributed by atoms with Gasteiger partial charge in [-0.2, -0.15) is 0 Å². The molecule has 0 atom stereocenters. The quantitative estimate of drug-likeness (QED) is 0.609. The van der Waals surface area contributed by atoms with Crippen LogP contribution in [-0.2, 0) is 0 Å². The number of benzene rings is 1. The number of hydrogen-bond donors (Lipinski definition) is 1. The number of ketones is 1. The molecular formula is C23H34O2. The van der Waals surface area contributed by atoms with E-state index in [9.17, 15) is 9.90 Å². The second-order valence-corrected chi connectivity index (χ2v) is 8.52. The monoisotopic (exact) mass is 342 g/mol. The predicted molar refractivity (Wildman–Crippen MR) is 103 cm³/mol. The fourth-order valence-corrected chi connectivity index (χ4v) is 5.25.